The number of hydrogen-bond acceptors (Lipinski definition) is 3. The number of aromatic nitrogens is 1. The van der Waals surface area contributed by atoms with Gasteiger partial charge in [-0.2, -0.15) is 0 Å². The molecular weight excluding hydrogens is 230 g/mol. The third-order valence-corrected chi connectivity index (χ3v) is 4.87. The van der Waals surface area contributed by atoms with Gasteiger partial charge in [0.2, 0.25) is 0 Å². The number of ether oxygens (including phenoxy) is 1. The van der Waals surface area contributed by atoms with Gasteiger partial charge in [0.05, 0.1) is 5.69 Å². The summed E-state index contributed by atoms with van der Waals surface area (Å²) in [5, 5.41) is 3.41. The molecule has 0 radical (unpaired) electrons. The van der Waals surface area contributed by atoms with Crippen molar-refractivity contribution in [3.63, 3.8) is 0 Å². The molecule has 96 valence electrons. The summed E-state index contributed by atoms with van der Waals surface area (Å²) in [5.41, 5.74) is 1.15. The van der Waals surface area contributed by atoms with E-state index < -0.39 is 0 Å². The summed E-state index contributed by atoms with van der Waals surface area (Å²) in [6, 6.07) is 0. The van der Waals surface area contributed by atoms with Gasteiger partial charge in [-0.25, -0.2) is 4.98 Å². The topological polar surface area (TPSA) is 22.1 Å². The SMILES string of the molecule is CCCc1csc(C2(OC)CCCC(C)C2)n1. The van der Waals surface area contributed by atoms with Crippen molar-refractivity contribution in [1.29, 1.82) is 0 Å². The molecule has 1 aliphatic rings. The maximum atomic E-state index is 5.87. The second-order valence-electron chi connectivity index (χ2n) is 5.29. The molecule has 1 aromatic heterocycles. The third kappa shape index (κ3) is 2.71. The Bertz CT molecular complexity index is 363. The lowest BCUT2D eigenvalue weighted by Gasteiger charge is -2.37. The van der Waals surface area contributed by atoms with Crippen LogP contribution in [0.15, 0.2) is 5.38 Å². The minimum atomic E-state index is -0.0890. The fourth-order valence-electron chi connectivity index (χ4n) is 2.86. The molecule has 0 bridgehead atoms. The van der Waals surface area contributed by atoms with Crippen LogP contribution in [0, 0.1) is 5.92 Å². The highest BCUT2D eigenvalue weighted by atomic mass is 32.1. The van der Waals surface area contributed by atoms with Gasteiger partial charge in [-0.3, -0.25) is 0 Å². The van der Waals surface area contributed by atoms with Crippen LogP contribution in [0.5, 0.6) is 0 Å². The van der Waals surface area contributed by atoms with Crippen molar-refractivity contribution in [3.05, 3.63) is 16.1 Å². The van der Waals surface area contributed by atoms with Gasteiger partial charge in [0, 0.05) is 12.5 Å². The molecule has 0 aromatic carbocycles. The smallest absolute Gasteiger partial charge is 0.125 e. The number of hydrogen-bond donors (Lipinski definition) is 0. The van der Waals surface area contributed by atoms with E-state index in [-0.39, 0.29) is 5.60 Å². The van der Waals surface area contributed by atoms with Crippen LogP contribution in [-0.2, 0) is 16.8 Å². The first-order valence-corrected chi connectivity index (χ1v) is 7.58. The lowest BCUT2D eigenvalue weighted by atomic mass is 9.79. The molecule has 2 rings (SSSR count). The Morgan fingerprint density at radius 3 is 3.06 bits per heavy atom. The van der Waals surface area contributed by atoms with Gasteiger partial charge < -0.3 is 4.74 Å². The van der Waals surface area contributed by atoms with Crippen LogP contribution in [0.4, 0.5) is 0 Å². The number of thiazole rings is 1. The predicted molar refractivity (Wildman–Crippen MR) is 72.4 cm³/mol. The standard InChI is InChI=1S/C14H23NOS/c1-4-6-12-10-17-13(15-12)14(16-3)8-5-7-11(2)9-14/h10-11H,4-9H2,1-3H3. The van der Waals surface area contributed by atoms with E-state index in [1.54, 1.807) is 11.3 Å². The minimum absolute atomic E-state index is 0.0890. The highest BCUT2D eigenvalue weighted by Crippen LogP contribution is 2.43. The summed E-state index contributed by atoms with van der Waals surface area (Å²) in [4.78, 5) is 4.79. The molecule has 3 heteroatoms. The molecule has 1 aliphatic carbocycles. The molecule has 0 N–H and O–H groups in total. The third-order valence-electron chi connectivity index (χ3n) is 3.79. The van der Waals surface area contributed by atoms with Crippen molar-refractivity contribution >= 4 is 11.3 Å². The molecule has 17 heavy (non-hydrogen) atoms. The molecule has 1 fully saturated rings. The summed E-state index contributed by atoms with van der Waals surface area (Å²) >= 11 is 1.79. The average Bonchev–Trinajstić information content (AvgIpc) is 2.78. The molecule has 2 atom stereocenters. The molecule has 2 nitrogen and oxygen atoms in total. The lowest BCUT2D eigenvalue weighted by molar-refractivity contribution is -0.0581. The van der Waals surface area contributed by atoms with Gasteiger partial charge in [0.15, 0.2) is 0 Å². The van der Waals surface area contributed by atoms with E-state index in [2.05, 4.69) is 19.2 Å². The van der Waals surface area contributed by atoms with E-state index in [9.17, 15) is 0 Å². The van der Waals surface area contributed by atoms with Gasteiger partial charge in [-0.1, -0.05) is 26.7 Å². The number of methoxy groups -OCH3 is 1. The molecule has 1 heterocycles. The first kappa shape index (κ1) is 13.0. The van der Waals surface area contributed by atoms with Crippen LogP contribution < -0.4 is 0 Å². The van der Waals surface area contributed by atoms with Crippen LogP contribution in [0.25, 0.3) is 0 Å². The maximum Gasteiger partial charge on any atom is 0.125 e. The Hall–Kier alpha value is -0.410. The molecule has 0 amide bonds. The van der Waals surface area contributed by atoms with E-state index >= 15 is 0 Å². The lowest BCUT2D eigenvalue weighted by Crippen LogP contribution is -2.34. The Balaban J connectivity index is 2.20. The van der Waals surface area contributed by atoms with Gasteiger partial charge in [-0.05, 0) is 31.6 Å². The Morgan fingerprint density at radius 1 is 1.59 bits per heavy atom. The largest absolute Gasteiger partial charge is 0.371 e. The fourth-order valence-corrected chi connectivity index (χ4v) is 3.93. The first-order valence-electron chi connectivity index (χ1n) is 6.70. The number of rotatable bonds is 4. The second-order valence-corrected chi connectivity index (χ2v) is 6.15. The van der Waals surface area contributed by atoms with Crippen molar-refractivity contribution in [2.24, 2.45) is 5.92 Å². The van der Waals surface area contributed by atoms with E-state index in [4.69, 9.17) is 9.72 Å². The highest BCUT2D eigenvalue weighted by Gasteiger charge is 2.39. The molecule has 2 unspecified atom stereocenters. The molecule has 0 spiro atoms. The summed E-state index contributed by atoms with van der Waals surface area (Å²) in [7, 11) is 1.85. The Kier molecular flexibility index (Phi) is 4.21. The monoisotopic (exact) mass is 253 g/mol. The zero-order chi connectivity index (χ0) is 12.3. The number of nitrogens with zero attached hydrogens (tertiary/aromatic N) is 1. The minimum Gasteiger partial charge on any atom is -0.371 e. The average molecular weight is 253 g/mol. The van der Waals surface area contributed by atoms with Crippen LogP contribution >= 0.6 is 11.3 Å². The van der Waals surface area contributed by atoms with Crippen LogP contribution in [0.3, 0.4) is 0 Å². The van der Waals surface area contributed by atoms with Crippen LogP contribution in [0.1, 0.15) is 56.7 Å². The second kappa shape index (κ2) is 5.49. The van der Waals surface area contributed by atoms with Gasteiger partial charge in [0.25, 0.3) is 0 Å². The van der Waals surface area contributed by atoms with Crippen molar-refractivity contribution in [2.75, 3.05) is 7.11 Å². The normalized spacial score (nSPS) is 29.5. The Morgan fingerprint density at radius 2 is 2.41 bits per heavy atom. The van der Waals surface area contributed by atoms with Crippen molar-refractivity contribution < 1.29 is 4.74 Å². The van der Waals surface area contributed by atoms with E-state index in [1.165, 1.54) is 30.0 Å². The molecule has 1 aromatic rings. The molecule has 1 saturated carbocycles. The summed E-state index contributed by atoms with van der Waals surface area (Å²) in [6.45, 7) is 4.53. The fraction of sp³-hybridized carbons (Fsp3) is 0.786. The Labute approximate surface area is 108 Å². The number of aryl methyl sites for hydroxylation is 1. The van der Waals surface area contributed by atoms with Gasteiger partial charge in [0.1, 0.15) is 10.6 Å². The quantitative estimate of drug-likeness (QED) is 0.804. The molecule has 0 saturated heterocycles. The van der Waals surface area contributed by atoms with Crippen LogP contribution in [0.2, 0.25) is 0 Å². The highest BCUT2D eigenvalue weighted by molar-refractivity contribution is 7.09. The molecule has 0 aliphatic heterocycles. The summed E-state index contributed by atoms with van der Waals surface area (Å²) < 4.78 is 5.87. The van der Waals surface area contributed by atoms with E-state index in [1.807, 2.05) is 7.11 Å². The van der Waals surface area contributed by atoms with Crippen molar-refractivity contribution in [3.8, 4) is 0 Å². The van der Waals surface area contributed by atoms with Crippen molar-refractivity contribution in [2.45, 2.75) is 58.0 Å². The molecular formula is C14H23NOS. The van der Waals surface area contributed by atoms with Crippen LogP contribution in [-0.4, -0.2) is 12.1 Å². The summed E-state index contributed by atoms with van der Waals surface area (Å²) in [5.74, 6) is 0.752. The zero-order valence-electron chi connectivity index (χ0n) is 11.2. The maximum absolute atomic E-state index is 5.87. The van der Waals surface area contributed by atoms with Gasteiger partial charge in [-0.15, -0.1) is 11.3 Å². The summed E-state index contributed by atoms with van der Waals surface area (Å²) in [6.07, 6.45) is 7.11. The van der Waals surface area contributed by atoms with E-state index in [0.717, 1.165) is 25.2 Å². The first-order chi connectivity index (χ1) is 8.20. The predicted octanol–water partition coefficient (Wildman–Crippen LogP) is 4.15. The zero-order valence-corrected chi connectivity index (χ0v) is 12.0. The van der Waals surface area contributed by atoms with Crippen molar-refractivity contribution in [1.82, 2.24) is 4.98 Å². The van der Waals surface area contributed by atoms with E-state index in [0.29, 0.717) is 0 Å². The van der Waals surface area contributed by atoms with Gasteiger partial charge >= 0.3 is 0 Å².